The second kappa shape index (κ2) is 8.10. The zero-order chi connectivity index (χ0) is 11.7. The summed E-state index contributed by atoms with van der Waals surface area (Å²) in [6.07, 6.45) is 0. The molecule has 1 aliphatic rings. The summed E-state index contributed by atoms with van der Waals surface area (Å²) >= 11 is 4.32. The summed E-state index contributed by atoms with van der Waals surface area (Å²) in [5.74, 6) is 0.436. The van der Waals surface area contributed by atoms with Crippen molar-refractivity contribution in [3.63, 3.8) is 0 Å². The van der Waals surface area contributed by atoms with Crippen molar-refractivity contribution >= 4 is 26.0 Å². The van der Waals surface area contributed by atoms with Crippen LogP contribution in [0.3, 0.4) is 0 Å². The molecular formula is C13H12BNSWY-2. The maximum atomic E-state index is 5.96. The number of nitrogens with one attached hydrogen (secondary N) is 1. The zero-order valence-electron chi connectivity index (χ0n) is 10.2. The molecule has 0 aromatic heterocycles. The first-order chi connectivity index (χ1) is 7.65. The van der Waals surface area contributed by atoms with Crippen LogP contribution < -0.4 is 5.32 Å². The van der Waals surface area contributed by atoms with Gasteiger partial charge in [0.05, 0.1) is 0 Å². The first-order valence-electron chi connectivity index (χ1n) is 5.09. The molecule has 3 radical (unpaired) electrons. The van der Waals surface area contributed by atoms with E-state index in [2.05, 4.69) is 36.7 Å². The standard InChI is InChI=1S/C13H12BNS.W.Y/c1-8-5-3-4-6-10(8)12-9(2)15-13(14)11(12)7-16;;/h4-5,13,15-16H,2,7H2,1H3;;/q-2;;. The first-order valence-corrected chi connectivity index (χ1v) is 5.72. The summed E-state index contributed by atoms with van der Waals surface area (Å²) in [5.41, 5.74) is 5.12. The molecule has 0 fully saturated rings. The van der Waals surface area contributed by atoms with Crippen molar-refractivity contribution in [3.05, 3.63) is 53.2 Å². The van der Waals surface area contributed by atoms with Crippen molar-refractivity contribution in [2.75, 3.05) is 5.75 Å². The molecule has 1 nitrogen and oxygen atoms in total. The number of benzene rings is 1. The molecule has 18 heavy (non-hydrogen) atoms. The molecule has 5 heteroatoms. The molecular weight excluding hydrogens is 486 g/mol. The average Bonchev–Trinajstić information content (AvgIpc) is 2.54. The van der Waals surface area contributed by atoms with E-state index in [1.165, 1.54) is 0 Å². The first kappa shape index (κ1) is 18.7. The van der Waals surface area contributed by atoms with Gasteiger partial charge in [0.1, 0.15) is 7.85 Å². The molecule has 1 N–H and O–H groups in total. The number of hydrogen-bond acceptors (Lipinski definition) is 2. The minimum Gasteiger partial charge on any atom is -0.404 e. The number of thiol groups is 1. The van der Waals surface area contributed by atoms with Crippen molar-refractivity contribution in [2.24, 2.45) is 0 Å². The van der Waals surface area contributed by atoms with Gasteiger partial charge in [-0.1, -0.05) is 12.3 Å². The van der Waals surface area contributed by atoms with Gasteiger partial charge in [-0.15, -0.1) is 12.5 Å². The molecule has 1 heterocycles. The fraction of sp³-hybridized carbons (Fsp3) is 0.231. The molecule has 1 unspecified atom stereocenters. The van der Waals surface area contributed by atoms with E-state index >= 15 is 0 Å². The maximum Gasteiger partial charge on any atom is 0.103 e. The summed E-state index contributed by atoms with van der Waals surface area (Å²) in [6, 6.07) is 9.91. The molecule has 89 valence electrons. The second-order valence-electron chi connectivity index (χ2n) is 3.82. The van der Waals surface area contributed by atoms with E-state index in [4.69, 9.17) is 7.85 Å². The van der Waals surface area contributed by atoms with Gasteiger partial charge in [-0.25, -0.2) is 17.7 Å². The van der Waals surface area contributed by atoms with E-state index in [9.17, 15) is 0 Å². The predicted molar refractivity (Wildman–Crippen MR) is 71.4 cm³/mol. The van der Waals surface area contributed by atoms with Gasteiger partial charge in [-0.05, 0) is 11.7 Å². The molecule has 0 bridgehead atoms. The Labute approximate surface area is 155 Å². The van der Waals surface area contributed by atoms with E-state index < -0.39 is 0 Å². The van der Waals surface area contributed by atoms with Crippen LogP contribution in [0.1, 0.15) is 11.1 Å². The Morgan fingerprint density at radius 3 is 2.78 bits per heavy atom. The third-order valence-corrected chi connectivity index (χ3v) is 3.08. The van der Waals surface area contributed by atoms with Crippen LogP contribution in [0.2, 0.25) is 0 Å². The van der Waals surface area contributed by atoms with Gasteiger partial charge < -0.3 is 5.32 Å². The van der Waals surface area contributed by atoms with Gasteiger partial charge in [-0.3, -0.25) is 17.7 Å². The number of allylic oxidation sites excluding steroid dienone is 1. The third kappa shape index (κ3) is 3.63. The largest absolute Gasteiger partial charge is 0.404 e. The van der Waals surface area contributed by atoms with Gasteiger partial charge in [0.15, 0.2) is 0 Å². The molecule has 1 atom stereocenters. The van der Waals surface area contributed by atoms with Gasteiger partial charge in [0.2, 0.25) is 0 Å². The smallest absolute Gasteiger partial charge is 0.103 e. The van der Waals surface area contributed by atoms with Crippen molar-refractivity contribution in [1.29, 1.82) is 0 Å². The summed E-state index contributed by atoms with van der Waals surface area (Å²) in [5, 5.41) is 3.12. The Morgan fingerprint density at radius 1 is 1.56 bits per heavy atom. The molecule has 0 aliphatic carbocycles. The molecule has 1 aromatic carbocycles. The molecule has 1 aromatic rings. The number of hydrogen-bond donors (Lipinski definition) is 2. The van der Waals surface area contributed by atoms with E-state index in [0.717, 1.165) is 28.0 Å². The predicted octanol–water partition coefficient (Wildman–Crippen LogP) is 1.89. The Balaban J connectivity index is 0.00000144. The van der Waals surface area contributed by atoms with E-state index in [-0.39, 0.29) is 59.7 Å². The fourth-order valence-corrected chi connectivity index (χ4v) is 2.28. The quantitative estimate of drug-likeness (QED) is 0.361. The van der Waals surface area contributed by atoms with Crippen LogP contribution in [-0.2, 0) is 53.8 Å². The van der Waals surface area contributed by atoms with Crippen molar-refractivity contribution in [2.45, 2.75) is 12.9 Å². The monoisotopic (exact) mass is 498 g/mol. The van der Waals surface area contributed by atoms with Crippen molar-refractivity contribution in [3.8, 4) is 0 Å². The Hall–Kier alpha value is 0.707. The third-order valence-electron chi connectivity index (χ3n) is 2.74. The van der Waals surface area contributed by atoms with Crippen LogP contribution in [-0.4, -0.2) is 19.5 Å². The normalized spacial score (nSPS) is 17.9. The minimum absolute atomic E-state index is 0. The minimum atomic E-state index is -0.183. The summed E-state index contributed by atoms with van der Waals surface area (Å²) in [6.45, 7) is 6.02. The van der Waals surface area contributed by atoms with Gasteiger partial charge in [-0.2, -0.15) is 18.2 Å². The van der Waals surface area contributed by atoms with Gasteiger partial charge in [0.25, 0.3) is 0 Å². The maximum absolute atomic E-state index is 5.96. The van der Waals surface area contributed by atoms with Crippen LogP contribution in [0.5, 0.6) is 0 Å². The van der Waals surface area contributed by atoms with Crippen LogP contribution in [0, 0.1) is 19.1 Å². The Bertz CT molecular complexity index is 476. The van der Waals surface area contributed by atoms with Crippen LogP contribution in [0.25, 0.3) is 5.57 Å². The molecule has 1 aliphatic heterocycles. The molecule has 0 saturated heterocycles. The van der Waals surface area contributed by atoms with Crippen LogP contribution in [0.15, 0.2) is 30.0 Å². The topological polar surface area (TPSA) is 12.0 Å². The molecule has 2 rings (SSSR count). The van der Waals surface area contributed by atoms with Crippen LogP contribution >= 0.6 is 12.6 Å². The van der Waals surface area contributed by atoms with Crippen molar-refractivity contribution < 1.29 is 53.8 Å². The van der Waals surface area contributed by atoms with Gasteiger partial charge in [0, 0.05) is 53.8 Å². The van der Waals surface area contributed by atoms with E-state index in [1.54, 1.807) is 6.07 Å². The second-order valence-corrected chi connectivity index (χ2v) is 4.13. The van der Waals surface area contributed by atoms with Gasteiger partial charge >= 0.3 is 0 Å². The van der Waals surface area contributed by atoms with Crippen LogP contribution in [0.4, 0.5) is 0 Å². The fourth-order valence-electron chi connectivity index (χ4n) is 1.92. The van der Waals surface area contributed by atoms with Crippen molar-refractivity contribution in [1.82, 2.24) is 5.32 Å². The SMILES string of the molecule is [B]C1NC(=C)C(c2[c-]c[c-]cc2C)=C1CS.[W].[Y]. The summed E-state index contributed by atoms with van der Waals surface area (Å²) < 4.78 is 0. The molecule has 0 saturated carbocycles. The summed E-state index contributed by atoms with van der Waals surface area (Å²) in [7, 11) is 5.96. The van der Waals surface area contributed by atoms with E-state index in [1.807, 2.05) is 13.0 Å². The zero-order valence-corrected chi connectivity index (χ0v) is 16.8. The summed E-state index contributed by atoms with van der Waals surface area (Å²) in [4.78, 5) is 0. The number of aryl methyl sites for hydroxylation is 1. The molecule has 0 spiro atoms. The average molecular weight is 498 g/mol. The number of rotatable bonds is 2. The molecule has 0 amide bonds. The Morgan fingerprint density at radius 2 is 2.22 bits per heavy atom. The van der Waals surface area contributed by atoms with E-state index in [0.29, 0.717) is 5.75 Å². The Kier molecular flexibility index (Phi) is 8.41.